The zero-order valence-corrected chi connectivity index (χ0v) is 8.01. The lowest BCUT2D eigenvalue weighted by atomic mass is 10.5. The molecule has 0 atom stereocenters. The number of hydrogen-bond acceptors (Lipinski definition) is 5. The van der Waals surface area contributed by atoms with E-state index < -0.39 is 0 Å². The Morgan fingerprint density at radius 3 is 3.31 bits per heavy atom. The van der Waals surface area contributed by atoms with E-state index in [2.05, 4.69) is 15.3 Å². The molecule has 1 aromatic rings. The van der Waals surface area contributed by atoms with Crippen LogP contribution in [0.25, 0.3) is 0 Å². The molecule has 5 heteroatoms. The first-order valence-corrected chi connectivity index (χ1v) is 5.22. The molecule has 0 unspecified atom stereocenters. The van der Waals surface area contributed by atoms with E-state index in [1.54, 1.807) is 18.0 Å². The summed E-state index contributed by atoms with van der Waals surface area (Å²) in [7, 11) is 0. The van der Waals surface area contributed by atoms with Crippen LogP contribution in [0.5, 0.6) is 0 Å². The molecule has 0 radical (unpaired) electrons. The van der Waals surface area contributed by atoms with Crippen molar-refractivity contribution in [2.45, 2.75) is 13.0 Å². The number of aliphatic imine (C=N–C) groups is 1. The van der Waals surface area contributed by atoms with E-state index in [0.717, 1.165) is 23.2 Å². The molecule has 2 rings (SSSR count). The van der Waals surface area contributed by atoms with Gasteiger partial charge in [0.25, 0.3) is 0 Å². The van der Waals surface area contributed by atoms with E-state index in [1.807, 2.05) is 0 Å². The van der Waals surface area contributed by atoms with Crippen LogP contribution in [0, 0.1) is 0 Å². The molecule has 0 saturated heterocycles. The minimum Gasteiger partial charge on any atom is -0.451 e. The van der Waals surface area contributed by atoms with Crippen molar-refractivity contribution in [3.05, 3.63) is 18.4 Å². The molecule has 1 aliphatic rings. The van der Waals surface area contributed by atoms with Crippen LogP contribution in [0.3, 0.4) is 0 Å². The molecule has 0 bridgehead atoms. The predicted octanol–water partition coefficient (Wildman–Crippen LogP) is 1.26. The molecule has 2 heterocycles. The number of oxazole rings is 1. The maximum Gasteiger partial charge on any atom is 0.180 e. The highest BCUT2D eigenvalue weighted by Gasteiger charge is 2.05. The highest BCUT2D eigenvalue weighted by Crippen LogP contribution is 2.10. The normalized spacial score (nSPS) is 16.8. The first-order valence-electron chi connectivity index (χ1n) is 4.23. The highest BCUT2D eigenvalue weighted by atomic mass is 32.2. The zero-order valence-electron chi connectivity index (χ0n) is 7.19. The molecule has 0 saturated carbocycles. The Labute approximate surface area is 80.8 Å². The van der Waals surface area contributed by atoms with Crippen molar-refractivity contribution in [1.29, 1.82) is 0 Å². The molecule has 70 valence electrons. The number of thioether (sulfide) groups is 1. The molecule has 1 aliphatic heterocycles. The Hall–Kier alpha value is -0.970. The second-order valence-electron chi connectivity index (χ2n) is 2.72. The molecule has 0 amide bonds. The van der Waals surface area contributed by atoms with Crippen LogP contribution in [0.2, 0.25) is 0 Å². The lowest BCUT2D eigenvalue weighted by Crippen LogP contribution is -2.23. The summed E-state index contributed by atoms with van der Waals surface area (Å²) in [6, 6.07) is 0. The molecular formula is C8H11N3OS. The smallest absolute Gasteiger partial charge is 0.180 e. The first-order chi connectivity index (χ1) is 6.45. The summed E-state index contributed by atoms with van der Waals surface area (Å²) >= 11 is 1.77. The summed E-state index contributed by atoms with van der Waals surface area (Å²) in [5.41, 5.74) is 0.911. The largest absolute Gasteiger partial charge is 0.451 e. The highest BCUT2D eigenvalue weighted by molar-refractivity contribution is 8.13. The molecule has 13 heavy (non-hydrogen) atoms. The van der Waals surface area contributed by atoms with Gasteiger partial charge in [-0.05, 0) is 6.42 Å². The van der Waals surface area contributed by atoms with E-state index >= 15 is 0 Å². The third-order valence-corrected chi connectivity index (χ3v) is 2.74. The monoisotopic (exact) mass is 197 g/mol. The van der Waals surface area contributed by atoms with E-state index in [0.29, 0.717) is 6.54 Å². The second-order valence-corrected chi connectivity index (χ2v) is 3.81. The van der Waals surface area contributed by atoms with Gasteiger partial charge in [0.05, 0.1) is 12.2 Å². The predicted molar refractivity (Wildman–Crippen MR) is 52.7 cm³/mol. The molecular weight excluding hydrogens is 186 g/mol. The number of nitrogens with zero attached hydrogens (tertiary/aromatic N) is 2. The van der Waals surface area contributed by atoms with Gasteiger partial charge in [-0.3, -0.25) is 4.99 Å². The number of aromatic nitrogens is 1. The molecule has 1 aromatic heterocycles. The maximum atomic E-state index is 4.86. The van der Waals surface area contributed by atoms with Crippen molar-refractivity contribution in [2.75, 3.05) is 12.3 Å². The van der Waals surface area contributed by atoms with E-state index in [1.165, 1.54) is 12.8 Å². The Morgan fingerprint density at radius 1 is 1.62 bits per heavy atom. The standard InChI is InChI=1S/C8H11N3OS/c1-2-9-8(13-3-1)10-4-7-5-12-6-11-7/h5-6H,1-4H2,(H,9,10). The summed E-state index contributed by atoms with van der Waals surface area (Å²) in [6.45, 7) is 1.64. The van der Waals surface area contributed by atoms with E-state index in [-0.39, 0.29) is 0 Å². The Morgan fingerprint density at radius 2 is 2.62 bits per heavy atom. The van der Waals surface area contributed by atoms with Crippen LogP contribution in [-0.2, 0) is 6.54 Å². The van der Waals surface area contributed by atoms with Crippen LogP contribution in [0.4, 0.5) is 0 Å². The fraction of sp³-hybridized carbons (Fsp3) is 0.500. The fourth-order valence-corrected chi connectivity index (χ4v) is 1.88. The molecule has 1 N–H and O–H groups in total. The third-order valence-electron chi connectivity index (χ3n) is 1.70. The molecule has 4 nitrogen and oxygen atoms in total. The van der Waals surface area contributed by atoms with E-state index in [9.17, 15) is 0 Å². The van der Waals surface area contributed by atoms with Crippen LogP contribution in [-0.4, -0.2) is 22.4 Å². The van der Waals surface area contributed by atoms with Crippen molar-refractivity contribution in [1.82, 2.24) is 10.3 Å². The van der Waals surface area contributed by atoms with Crippen molar-refractivity contribution < 1.29 is 4.42 Å². The van der Waals surface area contributed by atoms with Gasteiger partial charge in [0, 0.05) is 12.3 Å². The van der Waals surface area contributed by atoms with Crippen LogP contribution in [0.1, 0.15) is 12.1 Å². The van der Waals surface area contributed by atoms with Gasteiger partial charge in [-0.2, -0.15) is 0 Å². The van der Waals surface area contributed by atoms with Gasteiger partial charge in [-0.15, -0.1) is 0 Å². The van der Waals surface area contributed by atoms with Crippen molar-refractivity contribution >= 4 is 16.9 Å². The summed E-state index contributed by atoms with van der Waals surface area (Å²) in [5, 5.41) is 4.24. The number of amidine groups is 1. The number of rotatable bonds is 2. The Kier molecular flexibility index (Phi) is 2.86. The molecule has 0 aliphatic carbocycles. The lowest BCUT2D eigenvalue weighted by molar-refractivity contribution is 0.556. The van der Waals surface area contributed by atoms with Gasteiger partial charge >= 0.3 is 0 Å². The topological polar surface area (TPSA) is 50.4 Å². The first kappa shape index (κ1) is 8.62. The second kappa shape index (κ2) is 4.32. The third kappa shape index (κ3) is 2.48. The van der Waals surface area contributed by atoms with Crippen LogP contribution in [0.15, 0.2) is 22.1 Å². The Bertz CT molecular complexity index is 284. The molecule has 0 aromatic carbocycles. The quantitative estimate of drug-likeness (QED) is 0.775. The summed E-state index contributed by atoms with van der Waals surface area (Å²) in [4.78, 5) is 8.35. The fourth-order valence-electron chi connectivity index (χ4n) is 1.06. The Balaban J connectivity index is 1.82. The van der Waals surface area contributed by atoms with Gasteiger partial charge in [-0.25, -0.2) is 4.98 Å². The minimum absolute atomic E-state index is 0.697. The van der Waals surface area contributed by atoms with Crippen LogP contribution < -0.4 is 5.32 Å². The average molecular weight is 197 g/mol. The molecule has 0 spiro atoms. The molecule has 0 fully saturated rings. The number of nitrogens with one attached hydrogen (secondary N) is 1. The van der Waals surface area contributed by atoms with Gasteiger partial charge in [0.1, 0.15) is 6.26 Å². The van der Waals surface area contributed by atoms with Crippen molar-refractivity contribution in [3.63, 3.8) is 0 Å². The van der Waals surface area contributed by atoms with Crippen molar-refractivity contribution in [3.8, 4) is 0 Å². The summed E-state index contributed by atoms with van der Waals surface area (Å²) in [6.07, 6.45) is 4.26. The van der Waals surface area contributed by atoms with Crippen LogP contribution >= 0.6 is 11.8 Å². The minimum atomic E-state index is 0.697. The van der Waals surface area contributed by atoms with Gasteiger partial charge in [0.15, 0.2) is 11.6 Å². The summed E-state index contributed by atoms with van der Waals surface area (Å²) in [5.74, 6) is 1.16. The summed E-state index contributed by atoms with van der Waals surface area (Å²) < 4.78 is 4.86. The zero-order chi connectivity index (χ0) is 8.93. The van der Waals surface area contributed by atoms with Gasteiger partial charge in [0.2, 0.25) is 0 Å². The van der Waals surface area contributed by atoms with E-state index in [4.69, 9.17) is 4.42 Å². The SMILES string of the molecule is c1nc(CNC2=NCCCS2)co1. The average Bonchev–Trinajstić information content (AvgIpc) is 2.69. The van der Waals surface area contributed by atoms with Crippen molar-refractivity contribution in [2.24, 2.45) is 4.99 Å². The van der Waals surface area contributed by atoms with Gasteiger partial charge < -0.3 is 9.73 Å². The lowest BCUT2D eigenvalue weighted by Gasteiger charge is -2.11. The van der Waals surface area contributed by atoms with Gasteiger partial charge in [-0.1, -0.05) is 11.8 Å². The number of hydrogen-bond donors (Lipinski definition) is 1. The maximum absolute atomic E-state index is 4.86.